The molecule has 2 heterocycles. The van der Waals surface area contributed by atoms with Gasteiger partial charge in [-0.15, -0.1) is 0 Å². The van der Waals surface area contributed by atoms with Crippen LogP contribution in [0.2, 0.25) is 0 Å². The molecular weight excluding hydrogens is 438 g/mol. The van der Waals surface area contributed by atoms with Crippen LogP contribution in [0.4, 0.5) is 5.69 Å². The Morgan fingerprint density at radius 2 is 1.65 bits per heavy atom. The predicted octanol–water partition coefficient (Wildman–Crippen LogP) is 7.33. The minimum Gasteiger partial charge on any atom is -0.344 e. The molecule has 0 unspecified atom stereocenters. The molecule has 0 aliphatic carbocycles. The van der Waals surface area contributed by atoms with Crippen LogP contribution in [0.3, 0.4) is 0 Å². The molecule has 4 nitrogen and oxygen atoms in total. The van der Waals surface area contributed by atoms with Crippen LogP contribution < -0.4 is 0 Å². The zero-order valence-electron chi connectivity index (χ0n) is 19.6. The fraction of sp³-hybridized carbons (Fsp3) is 0.172. The van der Waals surface area contributed by atoms with E-state index in [1.807, 2.05) is 66.7 Å². The molecule has 34 heavy (non-hydrogen) atoms. The molecular formula is C29H27N3OS. The Hall–Kier alpha value is -3.57. The Morgan fingerprint density at radius 1 is 0.941 bits per heavy atom. The molecule has 0 spiro atoms. The number of hydrogen-bond acceptors (Lipinski definition) is 3. The second-order valence-corrected chi connectivity index (χ2v) is 9.83. The van der Waals surface area contributed by atoms with Crippen LogP contribution in [0.15, 0.2) is 95.0 Å². The Kier molecular flexibility index (Phi) is 6.12. The number of aryl methyl sites for hydroxylation is 1. The highest BCUT2D eigenvalue weighted by Gasteiger charge is 2.33. The number of rotatable bonds is 5. The van der Waals surface area contributed by atoms with Crippen molar-refractivity contribution in [3.05, 3.63) is 107 Å². The average molecular weight is 466 g/mol. The van der Waals surface area contributed by atoms with Gasteiger partial charge in [-0.1, -0.05) is 66.2 Å². The van der Waals surface area contributed by atoms with Crippen molar-refractivity contribution < 1.29 is 4.79 Å². The highest BCUT2D eigenvalue weighted by molar-refractivity contribution is 8.18. The lowest BCUT2D eigenvalue weighted by molar-refractivity contribution is -0.122. The number of fused-ring (bicyclic) bond motifs is 1. The van der Waals surface area contributed by atoms with Crippen LogP contribution in [0.25, 0.3) is 17.0 Å². The molecule has 0 saturated carbocycles. The molecule has 1 aliphatic heterocycles. The molecule has 4 aromatic rings. The van der Waals surface area contributed by atoms with E-state index in [9.17, 15) is 4.79 Å². The first-order chi connectivity index (χ1) is 16.5. The molecule has 1 aliphatic rings. The van der Waals surface area contributed by atoms with Crippen LogP contribution in [-0.4, -0.2) is 20.5 Å². The standard InChI is InChI=1S/C29H27N3OS/c1-20(2)31-19-23(25-11-7-8-12-26(25)31)17-27-28(33)32(18-22-9-5-4-6-10-22)29(34-27)30-24-15-13-21(3)14-16-24/h4-17,19-20H,18H2,1-3H3/b27-17+,30-29?. The summed E-state index contributed by atoms with van der Waals surface area (Å²) in [5, 5.41) is 1.85. The molecule has 0 bridgehead atoms. The number of thioether (sulfide) groups is 1. The van der Waals surface area contributed by atoms with Gasteiger partial charge in [0.25, 0.3) is 5.91 Å². The van der Waals surface area contributed by atoms with Gasteiger partial charge in [0.05, 0.1) is 17.1 Å². The van der Waals surface area contributed by atoms with E-state index in [-0.39, 0.29) is 5.91 Å². The summed E-state index contributed by atoms with van der Waals surface area (Å²) < 4.78 is 2.26. The topological polar surface area (TPSA) is 37.6 Å². The van der Waals surface area contributed by atoms with E-state index in [1.165, 1.54) is 22.8 Å². The summed E-state index contributed by atoms with van der Waals surface area (Å²) in [6, 6.07) is 26.8. The third-order valence-electron chi connectivity index (χ3n) is 5.94. The second-order valence-electron chi connectivity index (χ2n) is 8.82. The number of amides is 1. The van der Waals surface area contributed by atoms with E-state index >= 15 is 0 Å². The number of carbonyl (C=O) groups excluding carboxylic acids is 1. The summed E-state index contributed by atoms with van der Waals surface area (Å²) >= 11 is 1.44. The molecule has 1 saturated heterocycles. The number of benzene rings is 3. The fourth-order valence-corrected chi connectivity index (χ4v) is 5.13. The SMILES string of the molecule is Cc1ccc(N=C2S/C(=C/c3cn(C(C)C)c4ccccc34)C(=O)N2Cc2ccccc2)cc1. The summed E-state index contributed by atoms with van der Waals surface area (Å²) in [5.41, 5.74) is 5.33. The maximum absolute atomic E-state index is 13.6. The number of aliphatic imine (C=N–C) groups is 1. The van der Waals surface area contributed by atoms with Crippen molar-refractivity contribution in [2.45, 2.75) is 33.4 Å². The highest BCUT2D eigenvalue weighted by Crippen LogP contribution is 2.37. The van der Waals surface area contributed by atoms with Gasteiger partial charge in [-0.25, -0.2) is 4.99 Å². The van der Waals surface area contributed by atoms with Gasteiger partial charge in [-0.3, -0.25) is 9.69 Å². The minimum absolute atomic E-state index is 0.0129. The van der Waals surface area contributed by atoms with Crippen molar-refractivity contribution in [1.29, 1.82) is 0 Å². The minimum atomic E-state index is -0.0129. The van der Waals surface area contributed by atoms with Crippen LogP contribution in [0.5, 0.6) is 0 Å². The average Bonchev–Trinajstić information content (AvgIpc) is 3.35. The Labute approximate surface area is 204 Å². The first-order valence-electron chi connectivity index (χ1n) is 11.5. The molecule has 170 valence electrons. The van der Waals surface area contributed by atoms with Gasteiger partial charge < -0.3 is 4.57 Å². The number of amidine groups is 1. The summed E-state index contributed by atoms with van der Waals surface area (Å²) in [6.07, 6.45) is 4.16. The van der Waals surface area contributed by atoms with Crippen LogP contribution in [0, 0.1) is 6.92 Å². The molecule has 5 heteroatoms. The fourth-order valence-electron chi connectivity index (χ4n) is 4.14. The lowest BCUT2D eigenvalue weighted by Gasteiger charge is -2.15. The molecule has 1 fully saturated rings. The van der Waals surface area contributed by atoms with Crippen molar-refractivity contribution in [2.24, 2.45) is 4.99 Å². The van der Waals surface area contributed by atoms with Crippen molar-refractivity contribution in [3.63, 3.8) is 0 Å². The van der Waals surface area contributed by atoms with Gasteiger partial charge >= 0.3 is 0 Å². The molecule has 1 aromatic heterocycles. The maximum Gasteiger partial charge on any atom is 0.267 e. The Balaban J connectivity index is 1.56. The molecule has 3 aromatic carbocycles. The maximum atomic E-state index is 13.6. The largest absolute Gasteiger partial charge is 0.344 e. The van der Waals surface area contributed by atoms with E-state index < -0.39 is 0 Å². The Morgan fingerprint density at radius 3 is 2.38 bits per heavy atom. The molecule has 0 radical (unpaired) electrons. The van der Waals surface area contributed by atoms with E-state index in [0.29, 0.717) is 22.7 Å². The zero-order chi connectivity index (χ0) is 23.7. The van der Waals surface area contributed by atoms with E-state index in [4.69, 9.17) is 4.99 Å². The number of carbonyl (C=O) groups is 1. The molecule has 0 N–H and O–H groups in total. The Bertz CT molecular complexity index is 1400. The van der Waals surface area contributed by atoms with Gasteiger partial charge in [-0.05, 0) is 62.4 Å². The summed E-state index contributed by atoms with van der Waals surface area (Å²) in [6.45, 7) is 6.89. The van der Waals surface area contributed by atoms with Crippen molar-refractivity contribution >= 4 is 45.5 Å². The monoisotopic (exact) mass is 465 g/mol. The van der Waals surface area contributed by atoms with Gasteiger partial charge in [0.15, 0.2) is 5.17 Å². The number of hydrogen-bond donors (Lipinski definition) is 0. The van der Waals surface area contributed by atoms with Crippen molar-refractivity contribution in [2.75, 3.05) is 0 Å². The van der Waals surface area contributed by atoms with Crippen LogP contribution in [0.1, 0.15) is 36.6 Å². The van der Waals surface area contributed by atoms with Gasteiger partial charge in [0, 0.05) is 28.7 Å². The zero-order valence-corrected chi connectivity index (χ0v) is 20.4. The smallest absolute Gasteiger partial charge is 0.267 e. The molecule has 5 rings (SSSR count). The quantitative estimate of drug-likeness (QED) is 0.289. The predicted molar refractivity (Wildman–Crippen MR) is 143 cm³/mol. The second kappa shape index (κ2) is 9.35. The van der Waals surface area contributed by atoms with Crippen molar-refractivity contribution in [3.8, 4) is 0 Å². The molecule has 0 atom stereocenters. The van der Waals surface area contributed by atoms with E-state index in [0.717, 1.165) is 22.2 Å². The van der Waals surface area contributed by atoms with E-state index in [1.54, 1.807) is 4.90 Å². The first kappa shape index (κ1) is 22.2. The number of para-hydroxylation sites is 1. The van der Waals surface area contributed by atoms with Gasteiger partial charge in [0.1, 0.15) is 0 Å². The number of nitrogens with zero attached hydrogens (tertiary/aromatic N) is 3. The molecule has 1 amide bonds. The normalized spacial score (nSPS) is 16.5. The lowest BCUT2D eigenvalue weighted by atomic mass is 10.1. The van der Waals surface area contributed by atoms with Gasteiger partial charge in [-0.2, -0.15) is 0 Å². The van der Waals surface area contributed by atoms with Gasteiger partial charge in [0.2, 0.25) is 0 Å². The van der Waals surface area contributed by atoms with Crippen LogP contribution >= 0.6 is 11.8 Å². The summed E-state index contributed by atoms with van der Waals surface area (Å²) in [4.78, 5) is 20.9. The first-order valence-corrected chi connectivity index (χ1v) is 12.3. The summed E-state index contributed by atoms with van der Waals surface area (Å²) in [5.74, 6) is -0.0129. The van der Waals surface area contributed by atoms with Crippen LogP contribution in [-0.2, 0) is 11.3 Å². The van der Waals surface area contributed by atoms with E-state index in [2.05, 4.69) is 49.7 Å². The third kappa shape index (κ3) is 4.44. The third-order valence-corrected chi connectivity index (χ3v) is 6.95. The highest BCUT2D eigenvalue weighted by atomic mass is 32.2. The van der Waals surface area contributed by atoms with Crippen molar-refractivity contribution in [1.82, 2.24) is 9.47 Å². The lowest BCUT2D eigenvalue weighted by Crippen LogP contribution is -2.28. The number of aromatic nitrogens is 1. The summed E-state index contributed by atoms with van der Waals surface area (Å²) in [7, 11) is 0.